The third-order valence-corrected chi connectivity index (χ3v) is 4.44. The van der Waals surface area contributed by atoms with Crippen molar-refractivity contribution >= 4 is 17.7 Å². The number of fused-ring (bicyclic) bond motifs is 1. The predicted molar refractivity (Wildman–Crippen MR) is 75.3 cm³/mol. The fourth-order valence-electron chi connectivity index (χ4n) is 3.49. The van der Waals surface area contributed by atoms with E-state index in [1.165, 1.54) is 0 Å². The van der Waals surface area contributed by atoms with E-state index in [-0.39, 0.29) is 37.3 Å². The van der Waals surface area contributed by atoms with E-state index in [9.17, 15) is 14.4 Å². The maximum atomic E-state index is 12.5. The Labute approximate surface area is 124 Å². The monoisotopic (exact) mass is 294 g/mol. The second-order valence-corrected chi connectivity index (χ2v) is 5.54. The Bertz CT molecular complexity index is 447. The average Bonchev–Trinajstić information content (AvgIpc) is 2.47. The molecule has 0 aromatic carbocycles. The van der Waals surface area contributed by atoms with Gasteiger partial charge in [0, 0.05) is 12.3 Å². The highest BCUT2D eigenvalue weighted by molar-refractivity contribution is 6.02. The van der Waals surface area contributed by atoms with Gasteiger partial charge in [-0.2, -0.15) is 0 Å². The van der Waals surface area contributed by atoms with Crippen LogP contribution in [-0.4, -0.2) is 30.9 Å². The summed E-state index contributed by atoms with van der Waals surface area (Å²) in [5.74, 6) is -1.74. The van der Waals surface area contributed by atoms with Gasteiger partial charge in [0.15, 0.2) is 5.41 Å². The minimum atomic E-state index is -1.36. The van der Waals surface area contributed by atoms with Gasteiger partial charge >= 0.3 is 11.9 Å². The van der Waals surface area contributed by atoms with Crippen LogP contribution in [0.25, 0.3) is 0 Å². The van der Waals surface area contributed by atoms with Crippen LogP contribution in [0.5, 0.6) is 0 Å². The van der Waals surface area contributed by atoms with Crippen molar-refractivity contribution in [3.63, 3.8) is 0 Å². The summed E-state index contributed by atoms with van der Waals surface area (Å²) in [6.07, 6.45) is 5.71. The second kappa shape index (κ2) is 6.41. The molecule has 0 bridgehead atoms. The summed E-state index contributed by atoms with van der Waals surface area (Å²) in [7, 11) is 0. The zero-order chi connectivity index (χ0) is 15.5. The van der Waals surface area contributed by atoms with Gasteiger partial charge in [-0.1, -0.05) is 12.2 Å². The molecule has 0 heterocycles. The van der Waals surface area contributed by atoms with Crippen molar-refractivity contribution in [1.29, 1.82) is 0 Å². The molecule has 0 aliphatic heterocycles. The lowest BCUT2D eigenvalue weighted by Gasteiger charge is -2.43. The lowest BCUT2D eigenvalue weighted by molar-refractivity contribution is -0.180. The molecule has 1 saturated carbocycles. The molecule has 1 fully saturated rings. The first-order valence-electron chi connectivity index (χ1n) is 7.61. The SMILES string of the molecule is CCOC(=O)C1(C(=O)OCC)CC=C[C@H]2C(=O)CCC[C@H]21. The predicted octanol–water partition coefficient (Wildman–Crippen LogP) is 2.04. The van der Waals surface area contributed by atoms with Crippen molar-refractivity contribution in [1.82, 2.24) is 0 Å². The standard InChI is InChI=1S/C16H22O5/c1-3-20-14(18)16(15(19)21-4-2)10-6-7-11-12(16)8-5-9-13(11)17/h6-7,11-12H,3-5,8-10H2,1-2H3/t11-,12-/m1/s1. The molecule has 0 unspecified atom stereocenters. The smallest absolute Gasteiger partial charge is 0.324 e. The molecule has 2 aliphatic carbocycles. The first kappa shape index (κ1) is 15.7. The lowest BCUT2D eigenvalue weighted by Crippen LogP contribution is -2.53. The Kier molecular flexibility index (Phi) is 4.80. The van der Waals surface area contributed by atoms with Crippen LogP contribution < -0.4 is 0 Å². The van der Waals surface area contributed by atoms with Crippen molar-refractivity contribution in [2.24, 2.45) is 17.3 Å². The number of esters is 2. The number of ether oxygens (including phenoxy) is 2. The summed E-state index contributed by atoms with van der Waals surface area (Å²) >= 11 is 0. The normalized spacial score (nSPS) is 26.9. The summed E-state index contributed by atoms with van der Waals surface area (Å²) in [5, 5.41) is 0. The van der Waals surface area contributed by atoms with Crippen LogP contribution in [0, 0.1) is 17.3 Å². The van der Waals surface area contributed by atoms with Crippen molar-refractivity contribution in [2.45, 2.75) is 39.5 Å². The Balaban J connectivity index is 2.43. The van der Waals surface area contributed by atoms with Gasteiger partial charge in [-0.05, 0) is 39.0 Å². The van der Waals surface area contributed by atoms with E-state index in [1.807, 2.05) is 6.08 Å². The lowest BCUT2D eigenvalue weighted by atomic mass is 9.59. The van der Waals surface area contributed by atoms with E-state index in [0.717, 1.165) is 0 Å². The number of hydrogen-bond acceptors (Lipinski definition) is 5. The van der Waals surface area contributed by atoms with Gasteiger partial charge < -0.3 is 9.47 Å². The topological polar surface area (TPSA) is 69.7 Å². The van der Waals surface area contributed by atoms with Crippen LogP contribution in [0.1, 0.15) is 39.5 Å². The molecule has 0 aromatic rings. The third kappa shape index (κ3) is 2.61. The Hall–Kier alpha value is -1.65. The summed E-state index contributed by atoms with van der Waals surface area (Å²) < 4.78 is 10.3. The summed E-state index contributed by atoms with van der Waals surface area (Å²) in [6.45, 7) is 3.82. The van der Waals surface area contributed by atoms with Gasteiger partial charge in [0.25, 0.3) is 0 Å². The van der Waals surface area contributed by atoms with Gasteiger partial charge in [0.05, 0.1) is 13.2 Å². The molecular formula is C16H22O5. The fraction of sp³-hybridized carbons (Fsp3) is 0.688. The first-order valence-corrected chi connectivity index (χ1v) is 7.61. The van der Waals surface area contributed by atoms with Crippen molar-refractivity contribution in [3.8, 4) is 0 Å². The first-order chi connectivity index (χ1) is 10.1. The van der Waals surface area contributed by atoms with E-state index in [2.05, 4.69) is 0 Å². The van der Waals surface area contributed by atoms with Gasteiger partial charge in [0.1, 0.15) is 5.78 Å². The third-order valence-electron chi connectivity index (χ3n) is 4.44. The van der Waals surface area contributed by atoms with Gasteiger partial charge in [-0.25, -0.2) is 0 Å². The highest BCUT2D eigenvalue weighted by Gasteiger charge is 2.58. The van der Waals surface area contributed by atoms with Crippen LogP contribution >= 0.6 is 0 Å². The van der Waals surface area contributed by atoms with E-state index < -0.39 is 17.4 Å². The van der Waals surface area contributed by atoms with Gasteiger partial charge in [-0.3, -0.25) is 14.4 Å². The zero-order valence-electron chi connectivity index (χ0n) is 12.6. The largest absolute Gasteiger partial charge is 0.465 e. The van der Waals surface area contributed by atoms with Crippen LogP contribution in [0.2, 0.25) is 0 Å². The number of carbonyl (C=O) groups is 3. The number of Topliss-reactive ketones (excluding diaryl/α,β-unsaturated/α-hetero) is 1. The zero-order valence-corrected chi connectivity index (χ0v) is 12.6. The molecule has 0 N–H and O–H groups in total. The van der Waals surface area contributed by atoms with E-state index >= 15 is 0 Å². The molecule has 0 saturated heterocycles. The van der Waals surface area contributed by atoms with Crippen molar-refractivity contribution < 1.29 is 23.9 Å². The van der Waals surface area contributed by atoms with Crippen molar-refractivity contribution in [2.75, 3.05) is 13.2 Å². The highest BCUT2D eigenvalue weighted by Crippen LogP contribution is 2.48. The molecule has 5 nitrogen and oxygen atoms in total. The maximum absolute atomic E-state index is 12.5. The summed E-state index contributed by atoms with van der Waals surface area (Å²) in [5.41, 5.74) is -1.36. The van der Waals surface area contributed by atoms with Crippen LogP contribution in [0.15, 0.2) is 12.2 Å². The van der Waals surface area contributed by atoms with Crippen LogP contribution in [0.3, 0.4) is 0 Å². The van der Waals surface area contributed by atoms with Crippen LogP contribution in [0.4, 0.5) is 0 Å². The summed E-state index contributed by atoms with van der Waals surface area (Å²) in [4.78, 5) is 37.2. The maximum Gasteiger partial charge on any atom is 0.324 e. The number of allylic oxidation sites excluding steroid dienone is 2. The Morgan fingerprint density at radius 2 is 1.86 bits per heavy atom. The minimum Gasteiger partial charge on any atom is -0.465 e. The highest BCUT2D eigenvalue weighted by atomic mass is 16.6. The molecule has 2 rings (SSSR count). The molecule has 0 aromatic heterocycles. The van der Waals surface area contributed by atoms with E-state index in [4.69, 9.17) is 9.47 Å². The molecular weight excluding hydrogens is 272 g/mol. The number of hydrogen-bond donors (Lipinski definition) is 0. The Morgan fingerprint density at radius 3 is 2.43 bits per heavy atom. The van der Waals surface area contributed by atoms with Gasteiger partial charge in [-0.15, -0.1) is 0 Å². The molecule has 0 radical (unpaired) electrons. The molecule has 2 atom stereocenters. The average molecular weight is 294 g/mol. The van der Waals surface area contributed by atoms with E-state index in [0.29, 0.717) is 19.3 Å². The molecule has 21 heavy (non-hydrogen) atoms. The van der Waals surface area contributed by atoms with Crippen molar-refractivity contribution in [3.05, 3.63) is 12.2 Å². The number of carbonyl (C=O) groups excluding carboxylic acids is 3. The number of ketones is 1. The second-order valence-electron chi connectivity index (χ2n) is 5.54. The molecule has 5 heteroatoms. The molecule has 2 aliphatic rings. The fourth-order valence-corrected chi connectivity index (χ4v) is 3.49. The molecule has 0 amide bonds. The van der Waals surface area contributed by atoms with E-state index in [1.54, 1.807) is 19.9 Å². The minimum absolute atomic E-state index is 0.0974. The van der Waals surface area contributed by atoms with Crippen LogP contribution in [-0.2, 0) is 23.9 Å². The number of rotatable bonds is 4. The summed E-state index contributed by atoms with van der Waals surface area (Å²) in [6, 6.07) is 0. The molecule has 0 spiro atoms. The Morgan fingerprint density at radius 1 is 1.24 bits per heavy atom. The quantitative estimate of drug-likeness (QED) is 0.451. The van der Waals surface area contributed by atoms with Gasteiger partial charge in [0.2, 0.25) is 0 Å². The molecule has 116 valence electrons.